The van der Waals surface area contributed by atoms with Gasteiger partial charge in [0, 0.05) is 13.7 Å². The Kier molecular flexibility index (Phi) is 5.16. The maximum absolute atomic E-state index is 12.3. The number of nitrogens with zero attached hydrogens (tertiary/aromatic N) is 1. The summed E-state index contributed by atoms with van der Waals surface area (Å²) in [5.74, 6) is -0.136. The highest BCUT2D eigenvalue weighted by Crippen LogP contribution is 2.21. The van der Waals surface area contributed by atoms with E-state index in [1.807, 2.05) is 26.8 Å². The van der Waals surface area contributed by atoms with Crippen molar-refractivity contribution in [3.8, 4) is 5.75 Å². The molecule has 0 saturated heterocycles. The number of phenolic OH excluding ortho intramolecular Hbond substituents is 1. The van der Waals surface area contributed by atoms with E-state index >= 15 is 0 Å². The first-order valence-corrected chi connectivity index (χ1v) is 6.10. The van der Waals surface area contributed by atoms with Gasteiger partial charge in [0.2, 0.25) is 0 Å². The number of methoxy groups -OCH3 is 1. The van der Waals surface area contributed by atoms with Crippen molar-refractivity contribution in [1.82, 2.24) is 4.90 Å². The summed E-state index contributed by atoms with van der Waals surface area (Å²) in [5.41, 5.74) is 1.27. The lowest BCUT2D eigenvalue weighted by Crippen LogP contribution is -2.40. The summed E-state index contributed by atoms with van der Waals surface area (Å²) in [4.78, 5) is 14.0. The van der Waals surface area contributed by atoms with E-state index in [4.69, 9.17) is 4.74 Å². The van der Waals surface area contributed by atoms with Crippen LogP contribution in [-0.4, -0.2) is 42.2 Å². The highest BCUT2D eigenvalue weighted by Gasteiger charge is 2.22. The van der Waals surface area contributed by atoms with Crippen molar-refractivity contribution in [1.29, 1.82) is 0 Å². The van der Waals surface area contributed by atoms with Crippen LogP contribution in [0, 0.1) is 6.92 Å². The first kappa shape index (κ1) is 14.5. The number of aryl methyl sites for hydroxylation is 1. The number of amides is 1. The maximum atomic E-state index is 12.3. The fourth-order valence-electron chi connectivity index (χ4n) is 1.96. The molecule has 0 aliphatic rings. The Morgan fingerprint density at radius 1 is 1.50 bits per heavy atom. The molecule has 1 rings (SSSR count). The highest BCUT2D eigenvalue weighted by atomic mass is 16.5. The fourth-order valence-corrected chi connectivity index (χ4v) is 1.96. The number of hydrogen-bond acceptors (Lipinski definition) is 3. The number of benzene rings is 1. The molecule has 1 aromatic rings. The first-order chi connectivity index (χ1) is 8.51. The molecule has 0 heterocycles. The van der Waals surface area contributed by atoms with Crippen molar-refractivity contribution in [3.63, 3.8) is 0 Å². The zero-order chi connectivity index (χ0) is 13.7. The van der Waals surface area contributed by atoms with Crippen molar-refractivity contribution < 1.29 is 14.6 Å². The van der Waals surface area contributed by atoms with Gasteiger partial charge < -0.3 is 14.7 Å². The lowest BCUT2D eigenvalue weighted by Gasteiger charge is -2.27. The zero-order valence-corrected chi connectivity index (χ0v) is 11.4. The predicted octanol–water partition coefficient (Wildman–Crippen LogP) is 2.20. The van der Waals surface area contributed by atoms with E-state index in [0.717, 1.165) is 5.56 Å². The highest BCUT2D eigenvalue weighted by molar-refractivity contribution is 5.97. The summed E-state index contributed by atoms with van der Waals surface area (Å²) in [6.45, 7) is 6.77. The molecule has 1 unspecified atom stereocenters. The van der Waals surface area contributed by atoms with Gasteiger partial charge in [0.25, 0.3) is 5.91 Å². The van der Waals surface area contributed by atoms with Crippen LogP contribution in [-0.2, 0) is 4.74 Å². The molecule has 1 amide bonds. The molecule has 0 fully saturated rings. The molecule has 0 aromatic heterocycles. The number of ether oxygens (including phenoxy) is 1. The van der Waals surface area contributed by atoms with E-state index in [1.54, 1.807) is 24.1 Å². The molecule has 0 aliphatic heterocycles. The largest absolute Gasteiger partial charge is 0.507 e. The predicted molar refractivity (Wildman–Crippen MR) is 70.9 cm³/mol. The molecular formula is C14H21NO3. The minimum absolute atomic E-state index is 0.0202. The van der Waals surface area contributed by atoms with Crippen LogP contribution < -0.4 is 0 Å². The Morgan fingerprint density at radius 3 is 2.67 bits per heavy atom. The first-order valence-electron chi connectivity index (χ1n) is 6.10. The van der Waals surface area contributed by atoms with Gasteiger partial charge in [-0.05, 0) is 38.5 Å². The molecule has 0 saturated carbocycles. The van der Waals surface area contributed by atoms with E-state index in [2.05, 4.69) is 0 Å². The van der Waals surface area contributed by atoms with Gasteiger partial charge in [-0.1, -0.05) is 6.07 Å². The smallest absolute Gasteiger partial charge is 0.257 e. The monoisotopic (exact) mass is 251 g/mol. The summed E-state index contributed by atoms with van der Waals surface area (Å²) in [6.07, 6.45) is 0. The van der Waals surface area contributed by atoms with Gasteiger partial charge in [0.15, 0.2) is 0 Å². The number of hydrogen-bond donors (Lipinski definition) is 1. The Bertz CT molecular complexity index is 418. The topological polar surface area (TPSA) is 49.8 Å². The van der Waals surface area contributed by atoms with Gasteiger partial charge in [-0.2, -0.15) is 0 Å². The molecule has 4 nitrogen and oxygen atoms in total. The third-order valence-corrected chi connectivity index (χ3v) is 2.93. The van der Waals surface area contributed by atoms with Crippen molar-refractivity contribution in [2.45, 2.75) is 26.8 Å². The van der Waals surface area contributed by atoms with Gasteiger partial charge in [0.05, 0.1) is 18.2 Å². The number of rotatable bonds is 5. The van der Waals surface area contributed by atoms with Crippen LogP contribution in [0.15, 0.2) is 18.2 Å². The van der Waals surface area contributed by atoms with E-state index in [1.165, 1.54) is 0 Å². The minimum Gasteiger partial charge on any atom is -0.507 e. The average molecular weight is 251 g/mol. The van der Waals surface area contributed by atoms with Crippen LogP contribution >= 0.6 is 0 Å². The van der Waals surface area contributed by atoms with Crippen LogP contribution in [0.4, 0.5) is 0 Å². The van der Waals surface area contributed by atoms with Crippen molar-refractivity contribution >= 4 is 5.91 Å². The summed E-state index contributed by atoms with van der Waals surface area (Å²) in [5, 5.41) is 9.84. The number of carbonyl (C=O) groups excluding carboxylic acids is 1. The van der Waals surface area contributed by atoms with E-state index in [-0.39, 0.29) is 17.7 Å². The molecule has 0 aliphatic carbocycles. The molecule has 1 aromatic carbocycles. The minimum atomic E-state index is -0.167. The third-order valence-electron chi connectivity index (χ3n) is 2.93. The summed E-state index contributed by atoms with van der Waals surface area (Å²) >= 11 is 0. The molecule has 18 heavy (non-hydrogen) atoms. The van der Waals surface area contributed by atoms with E-state index < -0.39 is 0 Å². The van der Waals surface area contributed by atoms with Gasteiger partial charge in [-0.15, -0.1) is 0 Å². The van der Waals surface area contributed by atoms with Crippen molar-refractivity contribution in [3.05, 3.63) is 29.3 Å². The molecule has 0 bridgehead atoms. The van der Waals surface area contributed by atoms with Crippen LogP contribution in [0.1, 0.15) is 29.8 Å². The van der Waals surface area contributed by atoms with Gasteiger partial charge in [-0.25, -0.2) is 0 Å². The Labute approximate surface area is 108 Å². The molecule has 0 radical (unpaired) electrons. The van der Waals surface area contributed by atoms with E-state index in [0.29, 0.717) is 18.7 Å². The molecule has 0 spiro atoms. The maximum Gasteiger partial charge on any atom is 0.257 e. The third kappa shape index (κ3) is 3.23. The summed E-state index contributed by atoms with van der Waals surface area (Å²) < 4.78 is 5.07. The second kappa shape index (κ2) is 6.40. The standard InChI is InChI=1S/C14H21NO3/c1-5-15(11(3)9-18-4)14(17)12-7-6-10(2)8-13(12)16/h6-8,11,16H,5,9H2,1-4H3. The summed E-state index contributed by atoms with van der Waals surface area (Å²) in [7, 11) is 1.61. The number of aromatic hydroxyl groups is 1. The number of phenols is 1. The van der Waals surface area contributed by atoms with Crippen LogP contribution in [0.2, 0.25) is 0 Å². The molecule has 1 atom stereocenters. The van der Waals surface area contributed by atoms with Gasteiger partial charge in [0.1, 0.15) is 5.75 Å². The average Bonchev–Trinajstić information content (AvgIpc) is 2.29. The Morgan fingerprint density at radius 2 is 2.17 bits per heavy atom. The second-order valence-electron chi connectivity index (χ2n) is 4.42. The molecule has 100 valence electrons. The van der Waals surface area contributed by atoms with Crippen LogP contribution in [0.5, 0.6) is 5.75 Å². The summed E-state index contributed by atoms with van der Waals surface area (Å²) in [6, 6.07) is 5.06. The van der Waals surface area contributed by atoms with E-state index in [9.17, 15) is 9.90 Å². The van der Waals surface area contributed by atoms with Crippen molar-refractivity contribution in [2.75, 3.05) is 20.3 Å². The molecule has 4 heteroatoms. The van der Waals surface area contributed by atoms with Gasteiger partial charge >= 0.3 is 0 Å². The molecular weight excluding hydrogens is 230 g/mol. The lowest BCUT2D eigenvalue weighted by molar-refractivity contribution is 0.0576. The SMILES string of the molecule is CCN(C(=O)c1ccc(C)cc1O)C(C)COC. The fraction of sp³-hybridized carbons (Fsp3) is 0.500. The van der Waals surface area contributed by atoms with Gasteiger partial charge in [-0.3, -0.25) is 4.79 Å². The normalized spacial score (nSPS) is 12.2. The quantitative estimate of drug-likeness (QED) is 0.872. The second-order valence-corrected chi connectivity index (χ2v) is 4.42. The number of carbonyl (C=O) groups is 1. The van der Waals surface area contributed by atoms with Crippen LogP contribution in [0.25, 0.3) is 0 Å². The molecule has 1 N–H and O–H groups in total. The van der Waals surface area contributed by atoms with Crippen LogP contribution in [0.3, 0.4) is 0 Å². The Balaban J connectivity index is 2.96. The lowest BCUT2D eigenvalue weighted by atomic mass is 10.1. The zero-order valence-electron chi connectivity index (χ0n) is 11.4. The Hall–Kier alpha value is -1.55. The number of likely N-dealkylation sites (N-methyl/N-ethyl adjacent to an activating group) is 1. The van der Waals surface area contributed by atoms with Crippen molar-refractivity contribution in [2.24, 2.45) is 0 Å².